The maximum absolute atomic E-state index is 12.4. The van der Waals surface area contributed by atoms with E-state index in [-0.39, 0.29) is 5.91 Å². The van der Waals surface area contributed by atoms with Crippen molar-refractivity contribution in [1.29, 1.82) is 0 Å². The second kappa shape index (κ2) is 7.82. The number of amides is 1. The Kier molecular flexibility index (Phi) is 5.31. The lowest BCUT2D eigenvalue weighted by molar-refractivity contribution is -0.116. The number of carbonyl (C=O) groups excluding carboxylic acids is 1. The number of rotatable bonds is 6. The molecule has 0 saturated heterocycles. The van der Waals surface area contributed by atoms with Gasteiger partial charge in [0.2, 0.25) is 5.91 Å². The average Bonchev–Trinajstić information content (AvgIpc) is 2.94. The van der Waals surface area contributed by atoms with Crippen molar-refractivity contribution in [3.05, 3.63) is 60.0 Å². The number of nitrogens with zero attached hydrogens (tertiary/aromatic N) is 3. The maximum Gasteiger partial charge on any atom is 0.225 e. The highest BCUT2D eigenvalue weighted by Gasteiger charge is 2.17. The average molecular weight is 350 g/mol. The summed E-state index contributed by atoms with van der Waals surface area (Å²) in [5.74, 6) is 1.44. The SMILES string of the molecule is COc1ccc(-c2c(C)nn(C)c2NC(=O)CCc2cccnc2)cc1. The summed E-state index contributed by atoms with van der Waals surface area (Å²) in [4.78, 5) is 16.5. The van der Waals surface area contributed by atoms with Crippen LogP contribution in [0.25, 0.3) is 11.1 Å². The first kappa shape index (κ1) is 17.7. The third-order valence-corrected chi connectivity index (χ3v) is 4.22. The Morgan fingerprint density at radius 1 is 1.23 bits per heavy atom. The van der Waals surface area contributed by atoms with Gasteiger partial charge in [-0.05, 0) is 42.7 Å². The number of benzene rings is 1. The Hall–Kier alpha value is -3.15. The molecule has 1 aromatic carbocycles. The molecular formula is C20H22N4O2. The van der Waals surface area contributed by atoms with Gasteiger partial charge in [0.1, 0.15) is 11.6 Å². The number of carbonyl (C=O) groups is 1. The molecule has 0 unspecified atom stereocenters. The van der Waals surface area contributed by atoms with Crippen LogP contribution in [-0.4, -0.2) is 27.8 Å². The molecule has 0 atom stereocenters. The zero-order chi connectivity index (χ0) is 18.5. The van der Waals surface area contributed by atoms with Gasteiger partial charge in [-0.25, -0.2) is 0 Å². The molecule has 3 rings (SSSR count). The summed E-state index contributed by atoms with van der Waals surface area (Å²) in [5, 5.41) is 7.47. The fourth-order valence-electron chi connectivity index (χ4n) is 2.90. The Bertz CT molecular complexity index is 886. The molecule has 0 aliphatic rings. The minimum atomic E-state index is -0.0494. The third kappa shape index (κ3) is 3.91. The van der Waals surface area contributed by atoms with Crippen LogP contribution in [0, 0.1) is 6.92 Å². The first-order valence-corrected chi connectivity index (χ1v) is 8.45. The first-order chi connectivity index (χ1) is 12.6. The molecule has 1 N–H and O–H groups in total. The predicted molar refractivity (Wildman–Crippen MR) is 101 cm³/mol. The lowest BCUT2D eigenvalue weighted by Gasteiger charge is -2.10. The van der Waals surface area contributed by atoms with E-state index in [1.165, 1.54) is 0 Å². The number of ether oxygens (including phenoxy) is 1. The van der Waals surface area contributed by atoms with Crippen LogP contribution in [0.4, 0.5) is 5.82 Å². The highest BCUT2D eigenvalue weighted by atomic mass is 16.5. The molecule has 26 heavy (non-hydrogen) atoms. The molecule has 0 aliphatic carbocycles. The van der Waals surface area contributed by atoms with Crippen LogP contribution in [0.5, 0.6) is 5.75 Å². The Morgan fingerprint density at radius 3 is 2.65 bits per heavy atom. The van der Waals surface area contributed by atoms with Gasteiger partial charge in [0.15, 0.2) is 0 Å². The number of aromatic nitrogens is 3. The van der Waals surface area contributed by atoms with Crippen molar-refractivity contribution in [2.75, 3.05) is 12.4 Å². The Balaban J connectivity index is 1.78. The number of methoxy groups -OCH3 is 1. The van der Waals surface area contributed by atoms with Gasteiger partial charge in [0, 0.05) is 31.4 Å². The summed E-state index contributed by atoms with van der Waals surface area (Å²) in [7, 11) is 3.47. The summed E-state index contributed by atoms with van der Waals surface area (Å²) in [6, 6.07) is 11.6. The van der Waals surface area contributed by atoms with Crippen LogP contribution < -0.4 is 10.1 Å². The third-order valence-electron chi connectivity index (χ3n) is 4.22. The van der Waals surface area contributed by atoms with E-state index >= 15 is 0 Å². The molecule has 0 saturated carbocycles. The second-order valence-electron chi connectivity index (χ2n) is 6.07. The minimum absolute atomic E-state index is 0.0494. The Labute approximate surface area is 152 Å². The van der Waals surface area contributed by atoms with E-state index in [2.05, 4.69) is 15.4 Å². The number of anilines is 1. The van der Waals surface area contributed by atoms with Crippen molar-refractivity contribution in [3.8, 4) is 16.9 Å². The van der Waals surface area contributed by atoms with Crippen molar-refractivity contribution in [1.82, 2.24) is 14.8 Å². The van der Waals surface area contributed by atoms with E-state index in [0.717, 1.165) is 28.1 Å². The van der Waals surface area contributed by atoms with Gasteiger partial charge in [-0.3, -0.25) is 14.5 Å². The van der Waals surface area contributed by atoms with E-state index in [4.69, 9.17) is 4.74 Å². The molecule has 3 aromatic rings. The van der Waals surface area contributed by atoms with Crippen molar-refractivity contribution in [2.45, 2.75) is 19.8 Å². The van der Waals surface area contributed by atoms with Crippen LogP contribution >= 0.6 is 0 Å². The highest BCUT2D eigenvalue weighted by molar-refractivity contribution is 5.95. The van der Waals surface area contributed by atoms with E-state index in [1.807, 2.05) is 50.4 Å². The first-order valence-electron chi connectivity index (χ1n) is 8.45. The molecular weight excluding hydrogens is 328 g/mol. The van der Waals surface area contributed by atoms with Gasteiger partial charge in [-0.15, -0.1) is 0 Å². The molecule has 1 amide bonds. The van der Waals surface area contributed by atoms with Crippen LogP contribution in [0.3, 0.4) is 0 Å². The van der Waals surface area contributed by atoms with E-state index in [0.29, 0.717) is 18.7 Å². The Morgan fingerprint density at radius 2 is 2.00 bits per heavy atom. The number of hydrogen-bond acceptors (Lipinski definition) is 4. The minimum Gasteiger partial charge on any atom is -0.497 e. The van der Waals surface area contributed by atoms with Crippen molar-refractivity contribution in [2.24, 2.45) is 7.05 Å². The highest BCUT2D eigenvalue weighted by Crippen LogP contribution is 2.32. The number of hydrogen-bond donors (Lipinski definition) is 1. The molecule has 134 valence electrons. The number of nitrogens with one attached hydrogen (secondary N) is 1. The zero-order valence-corrected chi connectivity index (χ0v) is 15.2. The van der Waals surface area contributed by atoms with Crippen molar-refractivity contribution < 1.29 is 9.53 Å². The van der Waals surface area contributed by atoms with Crippen LogP contribution in [0.15, 0.2) is 48.8 Å². The van der Waals surface area contributed by atoms with Crippen molar-refractivity contribution >= 4 is 11.7 Å². The van der Waals surface area contributed by atoms with Gasteiger partial charge in [-0.1, -0.05) is 18.2 Å². The summed E-state index contributed by atoms with van der Waals surface area (Å²) in [5.41, 5.74) is 3.81. The monoisotopic (exact) mass is 350 g/mol. The smallest absolute Gasteiger partial charge is 0.225 e. The lowest BCUT2D eigenvalue weighted by Crippen LogP contribution is -2.15. The molecule has 0 spiro atoms. The van der Waals surface area contributed by atoms with Gasteiger partial charge >= 0.3 is 0 Å². The summed E-state index contributed by atoms with van der Waals surface area (Å²) in [6.07, 6.45) is 4.54. The molecule has 6 heteroatoms. The van der Waals surface area contributed by atoms with Crippen molar-refractivity contribution in [3.63, 3.8) is 0 Å². The molecule has 2 aromatic heterocycles. The predicted octanol–water partition coefficient (Wildman–Crippen LogP) is 3.37. The van der Waals surface area contributed by atoms with Crippen LogP contribution in [0.2, 0.25) is 0 Å². The van der Waals surface area contributed by atoms with Crippen LogP contribution in [-0.2, 0) is 18.3 Å². The summed E-state index contributed by atoms with van der Waals surface area (Å²) < 4.78 is 6.92. The normalized spacial score (nSPS) is 10.6. The van der Waals surface area contributed by atoms with Gasteiger partial charge in [-0.2, -0.15) is 5.10 Å². The molecule has 0 fully saturated rings. The molecule has 2 heterocycles. The summed E-state index contributed by atoms with van der Waals surface area (Å²) in [6.45, 7) is 1.94. The van der Waals surface area contributed by atoms with Gasteiger partial charge in [0.25, 0.3) is 0 Å². The summed E-state index contributed by atoms with van der Waals surface area (Å²) >= 11 is 0. The molecule has 0 aliphatic heterocycles. The standard InChI is InChI=1S/C20H22N4O2/c1-14-19(16-7-9-17(26-3)10-8-16)20(24(2)23-14)22-18(25)11-6-15-5-4-12-21-13-15/h4-5,7-10,12-13H,6,11H2,1-3H3,(H,22,25). The van der Waals surface area contributed by atoms with E-state index in [9.17, 15) is 4.79 Å². The zero-order valence-electron chi connectivity index (χ0n) is 15.2. The van der Waals surface area contributed by atoms with Gasteiger partial charge in [0.05, 0.1) is 12.8 Å². The van der Waals surface area contributed by atoms with Crippen LogP contribution in [0.1, 0.15) is 17.7 Å². The maximum atomic E-state index is 12.4. The number of aryl methyl sites for hydroxylation is 3. The van der Waals surface area contributed by atoms with E-state index < -0.39 is 0 Å². The lowest BCUT2D eigenvalue weighted by atomic mass is 10.1. The fraction of sp³-hybridized carbons (Fsp3) is 0.250. The molecule has 6 nitrogen and oxygen atoms in total. The largest absolute Gasteiger partial charge is 0.497 e. The quantitative estimate of drug-likeness (QED) is 0.740. The van der Waals surface area contributed by atoms with Gasteiger partial charge < -0.3 is 10.1 Å². The topological polar surface area (TPSA) is 69.0 Å². The molecule has 0 bridgehead atoms. The fourth-order valence-corrected chi connectivity index (χ4v) is 2.90. The number of pyridine rings is 1. The second-order valence-corrected chi connectivity index (χ2v) is 6.07. The van der Waals surface area contributed by atoms with E-state index in [1.54, 1.807) is 24.2 Å². The molecule has 0 radical (unpaired) electrons.